The van der Waals surface area contributed by atoms with Gasteiger partial charge in [-0.3, -0.25) is 0 Å². The van der Waals surface area contributed by atoms with Gasteiger partial charge in [-0.25, -0.2) is 9.97 Å². The van der Waals surface area contributed by atoms with E-state index in [0.29, 0.717) is 16.4 Å². The molecule has 0 saturated carbocycles. The normalized spacial score (nSPS) is 10.0. The summed E-state index contributed by atoms with van der Waals surface area (Å²) in [5.74, 6) is 0. The zero-order valence-corrected chi connectivity index (χ0v) is 11.9. The molecule has 100 valence electrons. The van der Waals surface area contributed by atoms with E-state index in [0.717, 1.165) is 10.5 Å². The fraction of sp³-hybridized carbons (Fsp3) is 0. The molecule has 0 saturated heterocycles. The molecular weight excluding hydrogens is 278 g/mol. The summed E-state index contributed by atoms with van der Waals surface area (Å²) in [7, 11) is 0. The zero-order valence-electron chi connectivity index (χ0n) is 11.1. The molecule has 4 heteroatoms. The molecule has 0 aliphatic heterocycles. The molecule has 0 aliphatic carbocycles. The minimum absolute atomic E-state index is 0.352. The number of nitriles is 1. The summed E-state index contributed by atoms with van der Waals surface area (Å²) >= 11 is 1.45. The van der Waals surface area contributed by atoms with Gasteiger partial charge in [-0.1, -0.05) is 60.3 Å². The van der Waals surface area contributed by atoms with Crippen LogP contribution in [0.4, 0.5) is 0 Å². The van der Waals surface area contributed by atoms with Gasteiger partial charge >= 0.3 is 0 Å². The van der Waals surface area contributed by atoms with Crippen molar-refractivity contribution >= 4 is 11.8 Å². The lowest BCUT2D eigenvalue weighted by Crippen LogP contribution is -1.94. The maximum atomic E-state index is 9.30. The number of hydrogen-bond acceptors (Lipinski definition) is 4. The average Bonchev–Trinajstić information content (AvgIpc) is 2.57. The molecule has 3 rings (SSSR count). The van der Waals surface area contributed by atoms with Crippen LogP contribution in [0, 0.1) is 11.3 Å². The van der Waals surface area contributed by atoms with Gasteiger partial charge in [0.2, 0.25) is 0 Å². The van der Waals surface area contributed by atoms with E-state index < -0.39 is 0 Å². The van der Waals surface area contributed by atoms with E-state index >= 15 is 0 Å². The predicted molar refractivity (Wildman–Crippen MR) is 82.7 cm³/mol. The summed E-state index contributed by atoms with van der Waals surface area (Å²) in [4.78, 5) is 9.85. The molecule has 3 aromatic rings. The summed E-state index contributed by atoms with van der Waals surface area (Å²) in [6, 6.07) is 21.7. The molecule has 0 radical (unpaired) electrons. The smallest absolute Gasteiger partial charge is 0.173 e. The van der Waals surface area contributed by atoms with Crippen LogP contribution in [-0.4, -0.2) is 9.97 Å². The highest BCUT2D eigenvalue weighted by Gasteiger charge is 2.10. The molecule has 2 aromatic carbocycles. The van der Waals surface area contributed by atoms with Crippen molar-refractivity contribution in [1.29, 1.82) is 5.26 Å². The molecule has 0 aliphatic rings. The summed E-state index contributed by atoms with van der Waals surface area (Å²) < 4.78 is 0. The van der Waals surface area contributed by atoms with E-state index in [1.54, 1.807) is 6.20 Å². The van der Waals surface area contributed by atoms with Crippen molar-refractivity contribution in [1.82, 2.24) is 9.97 Å². The number of nitrogens with zero attached hydrogens (tertiary/aromatic N) is 3. The maximum absolute atomic E-state index is 9.30. The van der Waals surface area contributed by atoms with Gasteiger partial charge in [0.05, 0.1) is 11.9 Å². The van der Waals surface area contributed by atoms with Crippen LogP contribution in [0.3, 0.4) is 0 Å². The Morgan fingerprint density at radius 1 is 0.905 bits per heavy atom. The van der Waals surface area contributed by atoms with Crippen LogP contribution in [0.15, 0.2) is 76.8 Å². The molecule has 1 aromatic heterocycles. The van der Waals surface area contributed by atoms with E-state index in [-0.39, 0.29) is 0 Å². The van der Waals surface area contributed by atoms with Gasteiger partial charge in [-0.2, -0.15) is 5.26 Å². The molecule has 0 N–H and O–H groups in total. The van der Waals surface area contributed by atoms with Crippen molar-refractivity contribution in [3.05, 3.63) is 72.6 Å². The number of rotatable bonds is 3. The second kappa shape index (κ2) is 6.21. The van der Waals surface area contributed by atoms with Crippen molar-refractivity contribution < 1.29 is 0 Å². The summed E-state index contributed by atoms with van der Waals surface area (Å²) in [6.45, 7) is 0. The Balaban J connectivity index is 1.95. The fourth-order valence-electron chi connectivity index (χ4n) is 1.87. The van der Waals surface area contributed by atoms with Crippen LogP contribution >= 0.6 is 11.8 Å². The molecule has 0 spiro atoms. The Morgan fingerprint density at radius 2 is 1.57 bits per heavy atom. The van der Waals surface area contributed by atoms with Crippen LogP contribution < -0.4 is 0 Å². The first kappa shape index (κ1) is 13.3. The Labute approximate surface area is 127 Å². The second-order valence-corrected chi connectivity index (χ2v) is 5.36. The second-order valence-electron chi connectivity index (χ2n) is 4.30. The molecule has 3 nitrogen and oxygen atoms in total. The van der Waals surface area contributed by atoms with Crippen LogP contribution in [0.1, 0.15) is 5.69 Å². The summed E-state index contributed by atoms with van der Waals surface area (Å²) in [6.07, 6.45) is 1.71. The Morgan fingerprint density at radius 3 is 2.24 bits per heavy atom. The maximum Gasteiger partial charge on any atom is 0.173 e. The van der Waals surface area contributed by atoms with Gasteiger partial charge < -0.3 is 0 Å². The quantitative estimate of drug-likeness (QED) is 0.726. The first-order valence-electron chi connectivity index (χ1n) is 6.42. The fourth-order valence-corrected chi connectivity index (χ4v) is 2.68. The lowest BCUT2D eigenvalue weighted by atomic mass is 10.2. The molecule has 1 heterocycles. The largest absolute Gasteiger partial charge is 0.244 e. The average molecular weight is 289 g/mol. The Kier molecular flexibility index (Phi) is 3.95. The molecular formula is C17H11N3S. The van der Waals surface area contributed by atoms with Crippen molar-refractivity contribution in [3.63, 3.8) is 0 Å². The molecule has 0 unspecified atom stereocenters. The van der Waals surface area contributed by atoms with E-state index in [1.165, 1.54) is 11.8 Å². The van der Waals surface area contributed by atoms with Gasteiger partial charge in [0.25, 0.3) is 0 Å². The summed E-state index contributed by atoms with van der Waals surface area (Å²) in [5, 5.41) is 9.93. The molecule has 0 atom stereocenters. The summed E-state index contributed by atoms with van der Waals surface area (Å²) in [5.41, 5.74) is 2.02. The van der Waals surface area contributed by atoms with Crippen LogP contribution in [0.25, 0.3) is 11.3 Å². The minimum atomic E-state index is 0.352. The first-order chi connectivity index (χ1) is 10.4. The number of aromatic nitrogens is 2. The molecule has 0 amide bonds. The highest BCUT2D eigenvalue weighted by atomic mass is 32.2. The van der Waals surface area contributed by atoms with Crippen LogP contribution in [0.5, 0.6) is 0 Å². The third kappa shape index (κ3) is 3.10. The van der Waals surface area contributed by atoms with E-state index in [4.69, 9.17) is 0 Å². The first-order valence-corrected chi connectivity index (χ1v) is 7.24. The zero-order chi connectivity index (χ0) is 14.5. The van der Waals surface area contributed by atoms with Crippen molar-refractivity contribution in [2.45, 2.75) is 9.92 Å². The molecule has 21 heavy (non-hydrogen) atoms. The predicted octanol–water partition coefficient (Wildman–Crippen LogP) is 4.17. The topological polar surface area (TPSA) is 49.6 Å². The standard InChI is InChI=1S/C17H11N3S/c18-11-15-17(21-14-9-5-2-6-10-14)19-12-16(20-15)13-7-3-1-4-8-13/h1-10,12H. The molecule has 0 bridgehead atoms. The highest BCUT2D eigenvalue weighted by Crippen LogP contribution is 2.28. The third-order valence-corrected chi connectivity index (χ3v) is 3.87. The minimum Gasteiger partial charge on any atom is -0.244 e. The highest BCUT2D eigenvalue weighted by molar-refractivity contribution is 7.99. The van der Waals surface area contributed by atoms with Gasteiger partial charge in [-0.15, -0.1) is 0 Å². The van der Waals surface area contributed by atoms with Crippen LogP contribution in [0.2, 0.25) is 0 Å². The Hall–Kier alpha value is -2.64. The lowest BCUT2D eigenvalue weighted by Gasteiger charge is -2.05. The van der Waals surface area contributed by atoms with Gasteiger partial charge in [0.15, 0.2) is 5.69 Å². The van der Waals surface area contributed by atoms with Gasteiger partial charge in [0.1, 0.15) is 11.1 Å². The monoisotopic (exact) mass is 289 g/mol. The SMILES string of the molecule is N#Cc1nc(-c2ccccc2)cnc1Sc1ccccc1. The van der Waals surface area contributed by atoms with E-state index in [9.17, 15) is 5.26 Å². The van der Waals surface area contributed by atoms with E-state index in [1.807, 2.05) is 60.7 Å². The molecule has 0 fully saturated rings. The number of benzene rings is 2. The van der Waals surface area contributed by atoms with Crippen LogP contribution in [-0.2, 0) is 0 Å². The Bertz CT molecular complexity index is 780. The third-order valence-electron chi connectivity index (χ3n) is 2.87. The van der Waals surface area contributed by atoms with Gasteiger partial charge in [0, 0.05) is 10.5 Å². The van der Waals surface area contributed by atoms with Gasteiger partial charge in [-0.05, 0) is 12.1 Å². The van der Waals surface area contributed by atoms with E-state index in [2.05, 4.69) is 16.0 Å². The van der Waals surface area contributed by atoms with Crippen molar-refractivity contribution in [3.8, 4) is 17.3 Å². The number of hydrogen-bond donors (Lipinski definition) is 0. The van der Waals surface area contributed by atoms with Crippen molar-refractivity contribution in [2.24, 2.45) is 0 Å². The van der Waals surface area contributed by atoms with Crippen molar-refractivity contribution in [2.75, 3.05) is 0 Å². The lowest BCUT2D eigenvalue weighted by molar-refractivity contribution is 1.03.